The van der Waals surface area contributed by atoms with E-state index in [1.54, 1.807) is 30.1 Å². The maximum Gasteiger partial charge on any atom is 0.261 e. The number of benzene rings is 2. The van der Waals surface area contributed by atoms with E-state index < -0.39 is 0 Å². The molecular formula is C21H19N3O3. The van der Waals surface area contributed by atoms with E-state index in [0.717, 1.165) is 11.0 Å². The minimum Gasteiger partial charge on any atom is -0.459 e. The third-order valence-corrected chi connectivity index (χ3v) is 4.87. The summed E-state index contributed by atoms with van der Waals surface area (Å²) in [5.74, 6) is 0.512. The number of para-hydroxylation sites is 2. The first-order valence-corrected chi connectivity index (χ1v) is 8.73. The highest BCUT2D eigenvalue weighted by atomic mass is 16.3. The van der Waals surface area contributed by atoms with Gasteiger partial charge in [-0.15, -0.1) is 0 Å². The summed E-state index contributed by atoms with van der Waals surface area (Å²) in [6.45, 7) is 1.83. The summed E-state index contributed by atoms with van der Waals surface area (Å²) >= 11 is 0. The Morgan fingerprint density at radius 1 is 1.19 bits per heavy atom. The molecule has 0 saturated heterocycles. The van der Waals surface area contributed by atoms with Crippen LogP contribution >= 0.6 is 0 Å². The van der Waals surface area contributed by atoms with Gasteiger partial charge in [0.2, 0.25) is 5.91 Å². The van der Waals surface area contributed by atoms with Gasteiger partial charge in [-0.1, -0.05) is 30.3 Å². The Morgan fingerprint density at radius 3 is 2.74 bits per heavy atom. The van der Waals surface area contributed by atoms with E-state index in [-0.39, 0.29) is 24.1 Å². The van der Waals surface area contributed by atoms with Crippen molar-refractivity contribution in [3.05, 3.63) is 77.0 Å². The van der Waals surface area contributed by atoms with E-state index in [4.69, 9.17) is 4.42 Å². The molecule has 2 heterocycles. The van der Waals surface area contributed by atoms with Crippen molar-refractivity contribution in [2.24, 2.45) is 0 Å². The predicted octanol–water partition coefficient (Wildman–Crippen LogP) is 3.36. The summed E-state index contributed by atoms with van der Waals surface area (Å²) in [7, 11) is 1.71. The molecule has 1 unspecified atom stereocenters. The molecule has 0 N–H and O–H groups in total. The van der Waals surface area contributed by atoms with Crippen LogP contribution in [0.25, 0.3) is 21.9 Å². The minimum atomic E-state index is -0.256. The fraction of sp³-hybridized carbons (Fsp3) is 0.190. The van der Waals surface area contributed by atoms with E-state index in [9.17, 15) is 9.59 Å². The van der Waals surface area contributed by atoms with Crippen LogP contribution in [0.5, 0.6) is 0 Å². The number of amides is 1. The first kappa shape index (κ1) is 17.0. The summed E-state index contributed by atoms with van der Waals surface area (Å²) in [4.78, 5) is 31.1. The third kappa shape index (κ3) is 3.10. The molecule has 0 bridgehead atoms. The van der Waals surface area contributed by atoms with Crippen molar-refractivity contribution in [3.8, 4) is 0 Å². The van der Waals surface area contributed by atoms with Gasteiger partial charge in [0, 0.05) is 12.4 Å². The number of aromatic nitrogens is 2. The van der Waals surface area contributed by atoms with E-state index in [1.807, 2.05) is 43.3 Å². The molecule has 0 spiro atoms. The zero-order valence-corrected chi connectivity index (χ0v) is 15.1. The standard InChI is InChI=1S/C21H19N3O3/c1-14(19-11-15-7-3-6-10-18(15)27-19)23(2)20(25)12-24-13-22-17-9-5-4-8-16(17)21(24)26/h3-11,13-14H,12H2,1-2H3. The molecular weight excluding hydrogens is 342 g/mol. The summed E-state index contributed by atoms with van der Waals surface area (Å²) in [5, 5.41) is 1.50. The molecule has 0 aliphatic carbocycles. The number of rotatable bonds is 4. The fourth-order valence-electron chi connectivity index (χ4n) is 3.09. The molecule has 4 aromatic rings. The number of carbonyl (C=O) groups is 1. The van der Waals surface area contributed by atoms with Crippen LogP contribution < -0.4 is 5.56 Å². The van der Waals surface area contributed by atoms with Gasteiger partial charge in [0.1, 0.15) is 17.9 Å². The first-order valence-electron chi connectivity index (χ1n) is 8.73. The van der Waals surface area contributed by atoms with Crippen LogP contribution in [0.15, 0.2) is 70.1 Å². The lowest BCUT2D eigenvalue weighted by atomic mass is 10.2. The average Bonchev–Trinajstić information content (AvgIpc) is 3.13. The van der Waals surface area contributed by atoms with Crippen LogP contribution in [-0.4, -0.2) is 27.4 Å². The molecule has 2 aromatic carbocycles. The van der Waals surface area contributed by atoms with Crippen LogP contribution in [0.4, 0.5) is 0 Å². The van der Waals surface area contributed by atoms with Gasteiger partial charge < -0.3 is 9.32 Å². The van der Waals surface area contributed by atoms with Gasteiger partial charge >= 0.3 is 0 Å². The largest absolute Gasteiger partial charge is 0.459 e. The second kappa shape index (κ2) is 6.72. The quantitative estimate of drug-likeness (QED) is 0.559. The number of hydrogen-bond donors (Lipinski definition) is 0. The highest BCUT2D eigenvalue weighted by Crippen LogP contribution is 2.26. The Hall–Kier alpha value is -3.41. The topological polar surface area (TPSA) is 68.3 Å². The molecule has 0 fully saturated rings. The molecule has 1 amide bonds. The summed E-state index contributed by atoms with van der Waals surface area (Å²) < 4.78 is 7.20. The highest BCUT2D eigenvalue weighted by Gasteiger charge is 2.21. The van der Waals surface area contributed by atoms with Crippen molar-refractivity contribution < 1.29 is 9.21 Å². The van der Waals surface area contributed by atoms with Crippen molar-refractivity contribution in [2.75, 3.05) is 7.05 Å². The third-order valence-electron chi connectivity index (χ3n) is 4.87. The Morgan fingerprint density at radius 2 is 1.93 bits per heavy atom. The van der Waals surface area contributed by atoms with Crippen molar-refractivity contribution in [3.63, 3.8) is 0 Å². The van der Waals surface area contributed by atoms with Crippen molar-refractivity contribution in [2.45, 2.75) is 19.5 Å². The van der Waals surface area contributed by atoms with Crippen LogP contribution in [0.2, 0.25) is 0 Å². The molecule has 0 radical (unpaired) electrons. The normalized spacial score (nSPS) is 12.4. The van der Waals surface area contributed by atoms with Gasteiger partial charge in [-0.2, -0.15) is 0 Å². The Labute approximate surface area is 155 Å². The van der Waals surface area contributed by atoms with Crippen LogP contribution in [0, 0.1) is 0 Å². The Bertz CT molecular complexity index is 1160. The lowest BCUT2D eigenvalue weighted by Crippen LogP contribution is -2.35. The lowest BCUT2D eigenvalue weighted by molar-refractivity contribution is -0.132. The number of furan rings is 1. The van der Waals surface area contributed by atoms with Gasteiger partial charge in [-0.25, -0.2) is 4.98 Å². The fourth-order valence-corrected chi connectivity index (χ4v) is 3.09. The number of hydrogen-bond acceptors (Lipinski definition) is 4. The van der Waals surface area contributed by atoms with E-state index in [1.165, 1.54) is 10.9 Å². The average molecular weight is 361 g/mol. The van der Waals surface area contributed by atoms with Crippen molar-refractivity contribution >= 4 is 27.8 Å². The maximum absolute atomic E-state index is 12.7. The van der Waals surface area contributed by atoms with Gasteiger partial charge in [-0.05, 0) is 31.2 Å². The molecule has 136 valence electrons. The van der Waals surface area contributed by atoms with Gasteiger partial charge in [0.15, 0.2) is 0 Å². The molecule has 0 saturated carbocycles. The van der Waals surface area contributed by atoms with Crippen LogP contribution in [0.1, 0.15) is 18.7 Å². The van der Waals surface area contributed by atoms with Crippen molar-refractivity contribution in [1.82, 2.24) is 14.5 Å². The van der Waals surface area contributed by atoms with Gasteiger partial charge in [-0.3, -0.25) is 14.2 Å². The molecule has 27 heavy (non-hydrogen) atoms. The second-order valence-electron chi connectivity index (χ2n) is 6.56. The Balaban J connectivity index is 1.57. The van der Waals surface area contributed by atoms with Crippen molar-refractivity contribution in [1.29, 1.82) is 0 Å². The SMILES string of the molecule is CC(c1cc2ccccc2o1)N(C)C(=O)Cn1cnc2ccccc2c1=O. The molecule has 2 aromatic heterocycles. The maximum atomic E-state index is 12.7. The molecule has 6 heteroatoms. The Kier molecular flexibility index (Phi) is 4.24. The lowest BCUT2D eigenvalue weighted by Gasteiger charge is -2.23. The molecule has 6 nitrogen and oxygen atoms in total. The molecule has 0 aliphatic rings. The smallest absolute Gasteiger partial charge is 0.261 e. The monoisotopic (exact) mass is 361 g/mol. The zero-order chi connectivity index (χ0) is 19.0. The first-order chi connectivity index (χ1) is 13.0. The number of nitrogens with zero attached hydrogens (tertiary/aromatic N) is 3. The molecule has 0 aliphatic heterocycles. The highest BCUT2D eigenvalue weighted by molar-refractivity contribution is 5.80. The van der Waals surface area contributed by atoms with Gasteiger partial charge in [0.25, 0.3) is 5.56 Å². The van der Waals surface area contributed by atoms with E-state index in [2.05, 4.69) is 4.98 Å². The molecule has 4 rings (SSSR count). The minimum absolute atomic E-state index is 0.0717. The number of fused-ring (bicyclic) bond motifs is 2. The zero-order valence-electron chi connectivity index (χ0n) is 15.1. The number of carbonyl (C=O) groups excluding carboxylic acids is 1. The van der Waals surface area contributed by atoms with E-state index >= 15 is 0 Å². The van der Waals surface area contributed by atoms with Crippen LogP contribution in [-0.2, 0) is 11.3 Å². The van der Waals surface area contributed by atoms with Crippen LogP contribution in [0.3, 0.4) is 0 Å². The predicted molar refractivity (Wildman–Crippen MR) is 103 cm³/mol. The van der Waals surface area contributed by atoms with E-state index in [0.29, 0.717) is 16.7 Å². The summed E-state index contributed by atoms with van der Waals surface area (Å²) in [6.07, 6.45) is 1.42. The summed E-state index contributed by atoms with van der Waals surface area (Å²) in [6, 6.07) is 16.5. The van der Waals surface area contributed by atoms with Gasteiger partial charge in [0.05, 0.1) is 23.3 Å². The summed E-state index contributed by atoms with van der Waals surface area (Å²) in [5.41, 5.74) is 1.18. The molecule has 1 atom stereocenters. The number of likely N-dealkylation sites (N-methyl/N-ethyl adjacent to an activating group) is 1. The second-order valence-corrected chi connectivity index (χ2v) is 6.56.